The number of halogens is 4. The lowest BCUT2D eigenvalue weighted by molar-refractivity contribution is -0.153. The standard InChI is InChI=1S/C27H36BF4N3O5S/c1-24(2,3)38-23-15-19(28-39-25(4,5)26(6,7)40-28)14-22(33-23)35-13-12-34(16-21(35)27(30,31)32)41(36,37)17-18-8-10-20(29)11-9-18/h8-11,14-15,21H,12-13,16-17H2,1-7H3. The van der Waals surface area contributed by atoms with Crippen LogP contribution in [0.5, 0.6) is 5.88 Å². The summed E-state index contributed by atoms with van der Waals surface area (Å²) in [5.41, 5.74) is -1.37. The summed E-state index contributed by atoms with van der Waals surface area (Å²) in [6, 6.07) is 5.69. The third kappa shape index (κ3) is 7.15. The SMILES string of the molecule is CC(C)(C)Oc1cc(B2OC(C)(C)C(C)(C)O2)cc(N2CCN(S(=O)(=O)Cc3ccc(F)cc3)CC2C(F)(F)F)n1. The zero-order valence-corrected chi connectivity index (χ0v) is 25.1. The van der Waals surface area contributed by atoms with Crippen molar-refractivity contribution in [2.24, 2.45) is 0 Å². The summed E-state index contributed by atoms with van der Waals surface area (Å²) in [6.07, 6.45) is -4.78. The van der Waals surface area contributed by atoms with E-state index in [1.54, 1.807) is 26.8 Å². The van der Waals surface area contributed by atoms with Crippen molar-refractivity contribution in [2.75, 3.05) is 24.5 Å². The molecule has 0 spiro atoms. The van der Waals surface area contributed by atoms with Gasteiger partial charge in [0.2, 0.25) is 15.9 Å². The fourth-order valence-corrected chi connectivity index (χ4v) is 6.11. The Morgan fingerprint density at radius 3 is 2.15 bits per heavy atom. The molecule has 8 nitrogen and oxygen atoms in total. The lowest BCUT2D eigenvalue weighted by atomic mass is 9.79. The zero-order valence-electron chi connectivity index (χ0n) is 24.3. The molecule has 0 bridgehead atoms. The lowest BCUT2D eigenvalue weighted by Crippen LogP contribution is -2.60. The number of anilines is 1. The minimum atomic E-state index is -4.78. The molecule has 4 rings (SSSR count). The van der Waals surface area contributed by atoms with Crippen LogP contribution in [0.1, 0.15) is 54.0 Å². The molecule has 1 atom stereocenters. The van der Waals surface area contributed by atoms with Crippen LogP contribution in [0.2, 0.25) is 0 Å². The molecule has 2 aliphatic rings. The first-order chi connectivity index (χ1) is 18.7. The number of alkyl halides is 3. The number of hydrogen-bond acceptors (Lipinski definition) is 7. The average Bonchev–Trinajstić information content (AvgIpc) is 3.05. The fourth-order valence-electron chi connectivity index (χ4n) is 4.59. The maximum Gasteiger partial charge on any atom is 0.495 e. The molecule has 2 aromatic rings. The fraction of sp³-hybridized carbons (Fsp3) is 0.593. The smallest absolute Gasteiger partial charge is 0.472 e. The summed E-state index contributed by atoms with van der Waals surface area (Å²) in [4.78, 5) is 5.45. The van der Waals surface area contributed by atoms with Gasteiger partial charge in [0, 0.05) is 25.7 Å². The number of benzene rings is 1. The molecule has 2 saturated heterocycles. The number of pyridine rings is 1. The van der Waals surface area contributed by atoms with E-state index >= 15 is 0 Å². The predicted molar refractivity (Wildman–Crippen MR) is 148 cm³/mol. The van der Waals surface area contributed by atoms with E-state index in [-0.39, 0.29) is 30.4 Å². The molecule has 14 heteroatoms. The summed E-state index contributed by atoms with van der Waals surface area (Å²) >= 11 is 0. The summed E-state index contributed by atoms with van der Waals surface area (Å²) in [5, 5.41) is 0. The second kappa shape index (κ2) is 10.7. The molecule has 1 aromatic heterocycles. The number of rotatable bonds is 6. The second-order valence-corrected chi connectivity index (χ2v) is 14.4. The van der Waals surface area contributed by atoms with Crippen molar-refractivity contribution in [3.63, 3.8) is 0 Å². The number of hydrogen-bond donors (Lipinski definition) is 0. The summed E-state index contributed by atoms with van der Waals surface area (Å²) in [5.74, 6) is -1.03. The van der Waals surface area contributed by atoms with Gasteiger partial charge in [-0.25, -0.2) is 12.8 Å². The van der Waals surface area contributed by atoms with Crippen molar-refractivity contribution in [3.8, 4) is 5.88 Å². The van der Waals surface area contributed by atoms with Gasteiger partial charge in [0.1, 0.15) is 23.3 Å². The molecule has 2 fully saturated rings. The highest BCUT2D eigenvalue weighted by Gasteiger charge is 2.53. The third-order valence-electron chi connectivity index (χ3n) is 7.42. The van der Waals surface area contributed by atoms with E-state index in [9.17, 15) is 26.0 Å². The van der Waals surface area contributed by atoms with Crippen LogP contribution >= 0.6 is 0 Å². The Hall–Kier alpha value is -2.42. The van der Waals surface area contributed by atoms with Gasteiger partial charge in [-0.1, -0.05) is 12.1 Å². The first-order valence-electron chi connectivity index (χ1n) is 13.3. The molecule has 0 aliphatic carbocycles. The van der Waals surface area contributed by atoms with Crippen LogP contribution < -0.4 is 15.1 Å². The van der Waals surface area contributed by atoms with Gasteiger partial charge in [-0.3, -0.25) is 0 Å². The van der Waals surface area contributed by atoms with Gasteiger partial charge in [0.25, 0.3) is 0 Å². The Morgan fingerprint density at radius 1 is 1.02 bits per heavy atom. The van der Waals surface area contributed by atoms with E-state index in [4.69, 9.17) is 14.0 Å². The van der Waals surface area contributed by atoms with Crippen LogP contribution in [0.15, 0.2) is 36.4 Å². The molecule has 0 saturated carbocycles. The Morgan fingerprint density at radius 2 is 1.61 bits per heavy atom. The predicted octanol–water partition coefficient (Wildman–Crippen LogP) is 4.28. The molecule has 1 unspecified atom stereocenters. The van der Waals surface area contributed by atoms with Gasteiger partial charge < -0.3 is 18.9 Å². The number of aromatic nitrogens is 1. The van der Waals surface area contributed by atoms with E-state index in [1.807, 2.05) is 27.7 Å². The van der Waals surface area contributed by atoms with Gasteiger partial charge >= 0.3 is 13.3 Å². The largest absolute Gasteiger partial charge is 0.495 e. The number of ether oxygens (including phenoxy) is 1. The number of nitrogens with zero attached hydrogens (tertiary/aromatic N) is 3. The summed E-state index contributed by atoms with van der Waals surface area (Å²) in [6.45, 7) is 11.5. The molecule has 0 amide bonds. The molecule has 3 heterocycles. The Bertz CT molecular complexity index is 1350. The van der Waals surface area contributed by atoms with Crippen LogP contribution in [-0.4, -0.2) is 73.5 Å². The van der Waals surface area contributed by atoms with E-state index in [0.29, 0.717) is 5.46 Å². The maximum absolute atomic E-state index is 14.5. The van der Waals surface area contributed by atoms with E-state index in [2.05, 4.69) is 4.98 Å². The van der Waals surface area contributed by atoms with Crippen molar-refractivity contribution in [1.29, 1.82) is 0 Å². The molecular formula is C27H36BF4N3O5S. The van der Waals surface area contributed by atoms with Gasteiger partial charge in [0.05, 0.1) is 17.0 Å². The van der Waals surface area contributed by atoms with E-state index < -0.39 is 64.3 Å². The first-order valence-corrected chi connectivity index (χ1v) is 14.9. The Balaban J connectivity index is 1.67. The molecular weight excluding hydrogens is 565 g/mol. The maximum atomic E-state index is 14.5. The van der Waals surface area contributed by atoms with Crippen molar-refractivity contribution < 1.29 is 40.0 Å². The van der Waals surface area contributed by atoms with Crippen molar-refractivity contribution in [2.45, 2.75) is 83.2 Å². The summed E-state index contributed by atoms with van der Waals surface area (Å²) in [7, 11) is -5.01. The lowest BCUT2D eigenvalue weighted by Gasteiger charge is -2.42. The van der Waals surface area contributed by atoms with Gasteiger partial charge in [-0.2, -0.15) is 22.5 Å². The topological polar surface area (TPSA) is 81.2 Å². The van der Waals surface area contributed by atoms with Crippen LogP contribution in [0.4, 0.5) is 23.4 Å². The van der Waals surface area contributed by atoms with E-state index in [0.717, 1.165) is 21.3 Å². The molecule has 2 aliphatic heterocycles. The Labute approximate surface area is 239 Å². The number of piperazine rings is 1. The van der Waals surface area contributed by atoms with E-state index in [1.165, 1.54) is 18.2 Å². The highest BCUT2D eigenvalue weighted by atomic mass is 32.2. The monoisotopic (exact) mass is 601 g/mol. The third-order valence-corrected chi connectivity index (χ3v) is 9.23. The highest BCUT2D eigenvalue weighted by Crippen LogP contribution is 2.38. The van der Waals surface area contributed by atoms with Crippen molar-refractivity contribution in [1.82, 2.24) is 9.29 Å². The van der Waals surface area contributed by atoms with Gasteiger partial charge in [-0.05, 0) is 77.7 Å². The van der Waals surface area contributed by atoms with Crippen LogP contribution in [-0.2, 0) is 25.1 Å². The van der Waals surface area contributed by atoms with Crippen LogP contribution in [0.3, 0.4) is 0 Å². The molecule has 0 N–H and O–H groups in total. The average molecular weight is 601 g/mol. The van der Waals surface area contributed by atoms with Gasteiger partial charge in [0.15, 0.2) is 0 Å². The van der Waals surface area contributed by atoms with Crippen LogP contribution in [0, 0.1) is 5.82 Å². The molecule has 226 valence electrons. The zero-order chi connectivity index (χ0) is 30.6. The van der Waals surface area contributed by atoms with Crippen molar-refractivity contribution >= 4 is 28.4 Å². The minimum absolute atomic E-state index is 0.0330. The molecule has 1 aromatic carbocycles. The normalized spacial score (nSPS) is 21.8. The highest BCUT2D eigenvalue weighted by molar-refractivity contribution is 7.88. The summed E-state index contributed by atoms with van der Waals surface area (Å²) < 4.78 is 102. The Kier molecular flexibility index (Phi) is 8.22. The first kappa shape index (κ1) is 31.5. The second-order valence-electron chi connectivity index (χ2n) is 12.4. The quantitative estimate of drug-likeness (QED) is 0.361. The van der Waals surface area contributed by atoms with Crippen LogP contribution in [0.25, 0.3) is 0 Å². The molecule has 0 radical (unpaired) electrons. The number of sulfonamides is 1. The van der Waals surface area contributed by atoms with Gasteiger partial charge in [-0.15, -0.1) is 0 Å². The molecule has 41 heavy (non-hydrogen) atoms. The minimum Gasteiger partial charge on any atom is -0.472 e. The van der Waals surface area contributed by atoms with Crippen molar-refractivity contribution in [3.05, 3.63) is 47.8 Å².